The van der Waals surface area contributed by atoms with Crippen LogP contribution in [0.15, 0.2) is 47.8 Å². The van der Waals surface area contributed by atoms with Crippen molar-refractivity contribution in [3.63, 3.8) is 0 Å². The van der Waals surface area contributed by atoms with E-state index in [2.05, 4.69) is 14.7 Å². The van der Waals surface area contributed by atoms with E-state index in [1.165, 1.54) is 42.9 Å². The highest BCUT2D eigenvalue weighted by Gasteiger charge is 2.13. The van der Waals surface area contributed by atoms with Crippen molar-refractivity contribution in [2.24, 2.45) is 0 Å². The second-order valence-electron chi connectivity index (χ2n) is 4.14. The number of aliphatic carboxylic acids is 1. The number of imidazole rings is 1. The number of carboxylic acid groups (broad SMARTS) is 1. The first-order valence-corrected chi connectivity index (χ1v) is 7.44. The Kier molecular flexibility index (Phi) is 4.51. The Morgan fingerprint density at radius 2 is 2.05 bits per heavy atom. The van der Waals surface area contributed by atoms with E-state index in [4.69, 9.17) is 5.11 Å². The molecule has 1 heterocycles. The Labute approximate surface area is 121 Å². The molecule has 110 valence electrons. The lowest BCUT2D eigenvalue weighted by Crippen LogP contribution is -2.23. The molecule has 0 bridgehead atoms. The van der Waals surface area contributed by atoms with Crippen molar-refractivity contribution in [3.05, 3.63) is 54.1 Å². The molecular formula is C13H13N3O4S. The van der Waals surface area contributed by atoms with Gasteiger partial charge in [0.15, 0.2) is 0 Å². The van der Waals surface area contributed by atoms with Crippen molar-refractivity contribution in [2.45, 2.75) is 11.4 Å². The minimum absolute atomic E-state index is 0.106. The summed E-state index contributed by atoms with van der Waals surface area (Å²) in [5.41, 5.74) is 1.25. The molecule has 2 rings (SSSR count). The number of hydrogen-bond acceptors (Lipinski definition) is 4. The summed E-state index contributed by atoms with van der Waals surface area (Å²) in [5.74, 6) is -1.06. The zero-order chi connectivity index (χ0) is 15.3. The van der Waals surface area contributed by atoms with E-state index in [0.29, 0.717) is 11.3 Å². The standard InChI is InChI=1S/C13H13N3O4S/c17-13(18)6-3-10-1-4-12(5-2-10)21(19,20)16-8-11-7-14-9-15-11/h1-7,9,16H,8H2,(H,14,15)(H,17,18). The fourth-order valence-electron chi connectivity index (χ4n) is 1.56. The summed E-state index contributed by atoms with van der Waals surface area (Å²) in [5, 5.41) is 8.52. The number of nitrogens with zero attached hydrogens (tertiary/aromatic N) is 1. The summed E-state index contributed by atoms with van der Waals surface area (Å²) < 4.78 is 26.5. The van der Waals surface area contributed by atoms with Crippen molar-refractivity contribution in [3.8, 4) is 0 Å². The van der Waals surface area contributed by atoms with Crippen LogP contribution in [0.5, 0.6) is 0 Å². The molecule has 1 aromatic carbocycles. The molecule has 0 fully saturated rings. The number of sulfonamides is 1. The first kappa shape index (κ1) is 14.9. The number of H-pyrrole nitrogens is 1. The van der Waals surface area contributed by atoms with Gasteiger partial charge in [0, 0.05) is 18.0 Å². The SMILES string of the molecule is O=C(O)C=Cc1ccc(S(=O)(=O)NCc2cnc[nH]2)cc1. The molecule has 0 atom stereocenters. The number of rotatable bonds is 6. The number of carbonyl (C=O) groups is 1. The molecule has 8 heteroatoms. The van der Waals surface area contributed by atoms with Gasteiger partial charge in [0.1, 0.15) is 0 Å². The minimum Gasteiger partial charge on any atom is -0.478 e. The lowest BCUT2D eigenvalue weighted by atomic mass is 10.2. The number of hydrogen-bond donors (Lipinski definition) is 3. The number of nitrogens with one attached hydrogen (secondary N) is 2. The summed E-state index contributed by atoms with van der Waals surface area (Å²) in [4.78, 5) is 17.1. The minimum atomic E-state index is -3.62. The first-order chi connectivity index (χ1) is 9.97. The lowest BCUT2D eigenvalue weighted by Gasteiger charge is -2.05. The van der Waals surface area contributed by atoms with Crippen LogP contribution in [0.4, 0.5) is 0 Å². The Hall–Kier alpha value is -2.45. The second kappa shape index (κ2) is 6.33. The van der Waals surface area contributed by atoms with Crippen LogP contribution in [0.25, 0.3) is 6.08 Å². The van der Waals surface area contributed by atoms with Crippen molar-refractivity contribution >= 4 is 22.1 Å². The van der Waals surface area contributed by atoms with Gasteiger partial charge in [0.05, 0.1) is 17.8 Å². The maximum atomic E-state index is 12.0. The van der Waals surface area contributed by atoms with Gasteiger partial charge in [0.2, 0.25) is 10.0 Å². The van der Waals surface area contributed by atoms with Crippen LogP contribution in [0, 0.1) is 0 Å². The largest absolute Gasteiger partial charge is 0.478 e. The molecule has 1 aromatic heterocycles. The van der Waals surface area contributed by atoms with Gasteiger partial charge >= 0.3 is 5.97 Å². The highest BCUT2D eigenvalue weighted by atomic mass is 32.2. The van der Waals surface area contributed by atoms with Gasteiger partial charge in [-0.25, -0.2) is 22.9 Å². The zero-order valence-electron chi connectivity index (χ0n) is 10.9. The predicted molar refractivity (Wildman–Crippen MR) is 75.7 cm³/mol. The highest BCUT2D eigenvalue weighted by molar-refractivity contribution is 7.89. The van der Waals surface area contributed by atoms with Gasteiger partial charge in [-0.15, -0.1) is 0 Å². The van der Waals surface area contributed by atoms with Gasteiger partial charge in [0.25, 0.3) is 0 Å². The fourth-order valence-corrected chi connectivity index (χ4v) is 2.57. The van der Waals surface area contributed by atoms with Crippen molar-refractivity contribution in [1.82, 2.24) is 14.7 Å². The highest BCUT2D eigenvalue weighted by Crippen LogP contribution is 2.12. The first-order valence-electron chi connectivity index (χ1n) is 5.95. The molecule has 0 unspecified atom stereocenters. The Morgan fingerprint density at radius 3 is 2.62 bits per heavy atom. The summed E-state index contributed by atoms with van der Waals surface area (Å²) in [6.07, 6.45) is 5.37. The third kappa shape index (κ3) is 4.26. The monoisotopic (exact) mass is 307 g/mol. The molecule has 0 amide bonds. The third-order valence-electron chi connectivity index (χ3n) is 2.62. The van der Waals surface area contributed by atoms with Crippen LogP contribution >= 0.6 is 0 Å². The summed E-state index contributed by atoms with van der Waals surface area (Å²) >= 11 is 0. The number of carboxylic acids is 1. The van der Waals surface area contributed by atoms with Crippen LogP contribution in [0.3, 0.4) is 0 Å². The van der Waals surface area contributed by atoms with E-state index in [1.54, 1.807) is 0 Å². The van der Waals surface area contributed by atoms with E-state index >= 15 is 0 Å². The van der Waals surface area contributed by atoms with Gasteiger partial charge in [-0.1, -0.05) is 12.1 Å². The molecule has 0 spiro atoms. The molecule has 21 heavy (non-hydrogen) atoms. The molecule has 0 aliphatic rings. The summed E-state index contributed by atoms with van der Waals surface area (Å²) in [6.45, 7) is 0.114. The second-order valence-corrected chi connectivity index (χ2v) is 5.91. The molecular weight excluding hydrogens is 294 g/mol. The fraction of sp³-hybridized carbons (Fsp3) is 0.0769. The van der Waals surface area contributed by atoms with Gasteiger partial charge in [-0.3, -0.25) is 0 Å². The van der Waals surface area contributed by atoms with Crippen LogP contribution in [0.1, 0.15) is 11.3 Å². The summed E-state index contributed by atoms with van der Waals surface area (Å²) in [7, 11) is -3.62. The molecule has 0 radical (unpaired) electrons. The quantitative estimate of drug-likeness (QED) is 0.689. The zero-order valence-corrected chi connectivity index (χ0v) is 11.7. The van der Waals surface area contributed by atoms with E-state index in [1.807, 2.05) is 0 Å². The number of aromatic nitrogens is 2. The van der Waals surface area contributed by atoms with Gasteiger partial charge in [-0.2, -0.15) is 0 Å². The van der Waals surface area contributed by atoms with Gasteiger partial charge in [-0.05, 0) is 23.8 Å². The van der Waals surface area contributed by atoms with Crippen molar-refractivity contribution in [2.75, 3.05) is 0 Å². The normalized spacial score (nSPS) is 11.8. The lowest BCUT2D eigenvalue weighted by molar-refractivity contribution is -0.131. The smallest absolute Gasteiger partial charge is 0.328 e. The third-order valence-corrected chi connectivity index (χ3v) is 4.03. The van der Waals surface area contributed by atoms with Crippen molar-refractivity contribution < 1.29 is 18.3 Å². The molecule has 0 saturated heterocycles. The van der Waals surface area contributed by atoms with Crippen LogP contribution in [-0.4, -0.2) is 29.5 Å². The number of aromatic amines is 1. The Balaban J connectivity index is 2.08. The maximum absolute atomic E-state index is 12.0. The molecule has 3 N–H and O–H groups in total. The Bertz CT molecular complexity index is 734. The number of benzene rings is 1. The van der Waals surface area contributed by atoms with E-state index in [-0.39, 0.29) is 11.4 Å². The van der Waals surface area contributed by atoms with Crippen LogP contribution < -0.4 is 4.72 Å². The maximum Gasteiger partial charge on any atom is 0.328 e. The van der Waals surface area contributed by atoms with Crippen LogP contribution in [0.2, 0.25) is 0 Å². The molecule has 7 nitrogen and oxygen atoms in total. The van der Waals surface area contributed by atoms with Gasteiger partial charge < -0.3 is 10.1 Å². The van der Waals surface area contributed by atoms with E-state index < -0.39 is 16.0 Å². The molecule has 0 saturated carbocycles. The average molecular weight is 307 g/mol. The van der Waals surface area contributed by atoms with E-state index in [9.17, 15) is 13.2 Å². The average Bonchev–Trinajstić information content (AvgIpc) is 2.97. The topological polar surface area (TPSA) is 112 Å². The predicted octanol–water partition coefficient (Wildman–Crippen LogP) is 0.986. The summed E-state index contributed by atoms with van der Waals surface area (Å²) in [6, 6.07) is 5.89. The Morgan fingerprint density at radius 1 is 1.33 bits per heavy atom. The van der Waals surface area contributed by atoms with Crippen LogP contribution in [-0.2, 0) is 21.4 Å². The molecule has 0 aliphatic heterocycles. The van der Waals surface area contributed by atoms with E-state index in [0.717, 1.165) is 6.08 Å². The molecule has 0 aliphatic carbocycles. The van der Waals surface area contributed by atoms with Crippen molar-refractivity contribution in [1.29, 1.82) is 0 Å². The molecule has 2 aromatic rings.